The lowest BCUT2D eigenvalue weighted by Crippen LogP contribution is -2.48. The molecular weight excluding hydrogens is 416 g/mol. The maximum absolute atomic E-state index is 13.1. The average Bonchev–Trinajstić information content (AvgIpc) is 3.08. The second kappa shape index (κ2) is 9.41. The highest BCUT2D eigenvalue weighted by molar-refractivity contribution is 6.08. The van der Waals surface area contributed by atoms with Gasteiger partial charge in [0.1, 0.15) is 11.8 Å². The number of fused-ring (bicyclic) bond motifs is 1. The van der Waals surface area contributed by atoms with Gasteiger partial charge >= 0.3 is 5.97 Å². The van der Waals surface area contributed by atoms with Crippen molar-refractivity contribution in [1.29, 1.82) is 5.26 Å². The van der Waals surface area contributed by atoms with Gasteiger partial charge in [-0.25, -0.2) is 4.79 Å². The standard InChI is InChI=1S/C27H26N2O4/c1-17(2)15-24(29-25(30)22-5-3-4-6-23(22)26(29)31)27(32)33-21-13-11-20(12-14-21)19-9-7-18(16-28)8-10-19/h3-4,7-14,17,22-24H,5-6,15H2,1-2H3. The van der Waals surface area contributed by atoms with Crippen molar-refractivity contribution in [2.24, 2.45) is 17.8 Å². The fourth-order valence-electron chi connectivity index (χ4n) is 4.52. The SMILES string of the molecule is CC(C)CC(C(=O)Oc1ccc(-c2ccc(C#N)cc2)cc1)N1C(=O)C2CC=CCC2C1=O. The number of nitriles is 1. The number of amides is 2. The van der Waals surface area contributed by atoms with Crippen molar-refractivity contribution in [1.82, 2.24) is 4.90 Å². The third-order valence-corrected chi connectivity index (χ3v) is 6.24. The van der Waals surface area contributed by atoms with Gasteiger partial charge in [0.05, 0.1) is 23.5 Å². The van der Waals surface area contributed by atoms with Crippen molar-refractivity contribution in [3.63, 3.8) is 0 Å². The van der Waals surface area contributed by atoms with Crippen molar-refractivity contribution in [3.8, 4) is 22.9 Å². The van der Waals surface area contributed by atoms with Crippen molar-refractivity contribution in [2.45, 2.75) is 39.2 Å². The first-order valence-electron chi connectivity index (χ1n) is 11.2. The molecule has 2 aromatic carbocycles. The molecule has 2 aromatic rings. The lowest BCUT2D eigenvalue weighted by Gasteiger charge is -2.26. The van der Waals surface area contributed by atoms with E-state index >= 15 is 0 Å². The van der Waals surface area contributed by atoms with Crippen molar-refractivity contribution in [3.05, 3.63) is 66.2 Å². The van der Waals surface area contributed by atoms with Crippen LogP contribution in [-0.4, -0.2) is 28.7 Å². The van der Waals surface area contributed by atoms with E-state index in [0.29, 0.717) is 30.6 Å². The molecule has 6 nitrogen and oxygen atoms in total. The number of nitrogens with zero attached hydrogens (tertiary/aromatic N) is 2. The molecule has 0 radical (unpaired) electrons. The van der Waals surface area contributed by atoms with Crippen LogP contribution in [0.15, 0.2) is 60.7 Å². The van der Waals surface area contributed by atoms with E-state index in [2.05, 4.69) is 6.07 Å². The van der Waals surface area contributed by atoms with Gasteiger partial charge in [0, 0.05) is 0 Å². The Bertz CT molecular complexity index is 1100. The first-order chi connectivity index (χ1) is 15.9. The second-order valence-corrected chi connectivity index (χ2v) is 8.98. The lowest BCUT2D eigenvalue weighted by molar-refractivity contribution is -0.154. The summed E-state index contributed by atoms with van der Waals surface area (Å²) in [6, 6.07) is 15.4. The van der Waals surface area contributed by atoms with Crippen molar-refractivity contribution >= 4 is 17.8 Å². The Morgan fingerprint density at radius 2 is 1.48 bits per heavy atom. The Labute approximate surface area is 193 Å². The van der Waals surface area contributed by atoms with Gasteiger partial charge < -0.3 is 4.74 Å². The summed E-state index contributed by atoms with van der Waals surface area (Å²) in [6.45, 7) is 3.90. The first kappa shape index (κ1) is 22.5. The number of carbonyl (C=O) groups is 3. The lowest BCUT2D eigenvalue weighted by atomic mass is 9.85. The van der Waals surface area contributed by atoms with E-state index in [1.807, 2.05) is 50.3 Å². The van der Waals surface area contributed by atoms with Crippen LogP contribution in [0.4, 0.5) is 0 Å². The summed E-state index contributed by atoms with van der Waals surface area (Å²) in [5, 5.41) is 8.94. The molecular formula is C27H26N2O4. The molecule has 0 N–H and O–H groups in total. The van der Waals surface area contributed by atoms with E-state index in [9.17, 15) is 14.4 Å². The van der Waals surface area contributed by atoms with Gasteiger partial charge in [-0.2, -0.15) is 5.26 Å². The van der Waals surface area contributed by atoms with Crippen LogP contribution in [0.25, 0.3) is 11.1 Å². The van der Waals surface area contributed by atoms with Crippen molar-refractivity contribution < 1.29 is 19.1 Å². The van der Waals surface area contributed by atoms with Crippen molar-refractivity contribution in [2.75, 3.05) is 0 Å². The minimum absolute atomic E-state index is 0.0997. The first-order valence-corrected chi connectivity index (χ1v) is 11.2. The summed E-state index contributed by atoms with van der Waals surface area (Å²) >= 11 is 0. The molecule has 2 amide bonds. The third kappa shape index (κ3) is 4.58. The predicted molar refractivity (Wildman–Crippen MR) is 123 cm³/mol. The molecule has 4 rings (SSSR count). The monoisotopic (exact) mass is 442 g/mol. The van der Waals surface area contributed by atoms with Crippen LogP contribution in [-0.2, 0) is 14.4 Å². The van der Waals surface area contributed by atoms with E-state index in [-0.39, 0.29) is 29.6 Å². The minimum atomic E-state index is -0.936. The molecule has 1 aliphatic heterocycles. The number of rotatable bonds is 6. The zero-order valence-corrected chi connectivity index (χ0v) is 18.7. The third-order valence-electron chi connectivity index (χ3n) is 6.24. The molecule has 1 aliphatic carbocycles. The molecule has 6 heteroatoms. The van der Waals surface area contributed by atoms with Gasteiger partial charge in [0.25, 0.3) is 0 Å². The van der Waals surface area contributed by atoms with Gasteiger partial charge in [-0.05, 0) is 60.6 Å². The minimum Gasteiger partial charge on any atom is -0.425 e. The maximum Gasteiger partial charge on any atom is 0.334 e. The van der Waals surface area contributed by atoms with Crippen LogP contribution in [0, 0.1) is 29.1 Å². The number of imide groups is 1. The summed E-state index contributed by atoms with van der Waals surface area (Å²) in [4.78, 5) is 40.3. The van der Waals surface area contributed by atoms with E-state index in [4.69, 9.17) is 10.00 Å². The molecule has 0 bridgehead atoms. The topological polar surface area (TPSA) is 87.5 Å². The number of carbonyl (C=O) groups excluding carboxylic acids is 3. The van der Waals surface area contributed by atoms with E-state index in [1.165, 1.54) is 0 Å². The summed E-state index contributed by atoms with van der Waals surface area (Å²) in [5.41, 5.74) is 2.44. The molecule has 0 spiro atoms. The molecule has 1 saturated heterocycles. The molecule has 0 aromatic heterocycles. The largest absolute Gasteiger partial charge is 0.425 e. The molecule has 0 saturated carbocycles. The Hall–Kier alpha value is -3.72. The zero-order chi connectivity index (χ0) is 23.5. The smallest absolute Gasteiger partial charge is 0.334 e. The fourth-order valence-corrected chi connectivity index (χ4v) is 4.52. The Kier molecular flexibility index (Phi) is 6.41. The Morgan fingerprint density at radius 3 is 1.97 bits per heavy atom. The highest BCUT2D eigenvalue weighted by Crippen LogP contribution is 2.37. The summed E-state index contributed by atoms with van der Waals surface area (Å²) in [7, 11) is 0. The van der Waals surface area contributed by atoms with E-state index < -0.39 is 12.0 Å². The maximum atomic E-state index is 13.1. The molecule has 3 unspecified atom stereocenters. The zero-order valence-electron chi connectivity index (χ0n) is 18.7. The van der Waals surface area contributed by atoms with E-state index in [1.54, 1.807) is 24.3 Å². The average molecular weight is 443 g/mol. The van der Waals surface area contributed by atoms with Crippen LogP contribution < -0.4 is 4.74 Å². The summed E-state index contributed by atoms with van der Waals surface area (Å²) in [5.74, 6) is -1.44. The van der Waals surface area contributed by atoms with Gasteiger partial charge in [-0.1, -0.05) is 50.3 Å². The number of hydrogen-bond acceptors (Lipinski definition) is 5. The fraction of sp³-hybridized carbons (Fsp3) is 0.333. The van der Waals surface area contributed by atoms with Gasteiger partial charge in [0.2, 0.25) is 11.8 Å². The van der Waals surface area contributed by atoms with Gasteiger partial charge in [-0.3, -0.25) is 14.5 Å². The van der Waals surface area contributed by atoms with Crippen LogP contribution in [0.3, 0.4) is 0 Å². The second-order valence-electron chi connectivity index (χ2n) is 8.98. The number of allylic oxidation sites excluding steroid dienone is 2. The van der Waals surface area contributed by atoms with Gasteiger partial charge in [-0.15, -0.1) is 0 Å². The molecule has 33 heavy (non-hydrogen) atoms. The predicted octanol–water partition coefficient (Wildman–Crippen LogP) is 4.50. The normalized spacial score (nSPS) is 20.5. The number of ether oxygens (including phenoxy) is 1. The number of benzene rings is 2. The number of likely N-dealkylation sites (tertiary alicyclic amines) is 1. The molecule has 3 atom stereocenters. The van der Waals surface area contributed by atoms with Crippen LogP contribution in [0.1, 0.15) is 38.7 Å². The summed E-state index contributed by atoms with van der Waals surface area (Å²) in [6.07, 6.45) is 5.28. The highest BCUT2D eigenvalue weighted by atomic mass is 16.5. The highest BCUT2D eigenvalue weighted by Gasteiger charge is 2.51. The molecule has 2 aliphatic rings. The van der Waals surface area contributed by atoms with Crippen LogP contribution in [0.2, 0.25) is 0 Å². The quantitative estimate of drug-likeness (QED) is 0.285. The molecule has 1 heterocycles. The number of hydrogen-bond donors (Lipinski definition) is 0. The summed E-state index contributed by atoms with van der Waals surface area (Å²) < 4.78 is 5.62. The Morgan fingerprint density at radius 1 is 0.970 bits per heavy atom. The van der Waals surface area contributed by atoms with E-state index in [0.717, 1.165) is 16.0 Å². The molecule has 168 valence electrons. The van der Waals surface area contributed by atoms with Crippen LogP contribution >= 0.6 is 0 Å². The molecule has 1 fully saturated rings. The number of esters is 1. The van der Waals surface area contributed by atoms with Gasteiger partial charge in [0.15, 0.2) is 0 Å². The Balaban J connectivity index is 1.51. The van der Waals surface area contributed by atoms with Crippen LogP contribution in [0.5, 0.6) is 5.75 Å².